The number of hydrogen-bond donors (Lipinski definition) is 1. The van der Waals surface area contributed by atoms with Gasteiger partial charge in [0.2, 0.25) is 0 Å². The van der Waals surface area contributed by atoms with E-state index in [-0.39, 0.29) is 12.2 Å². The third-order valence-corrected chi connectivity index (χ3v) is 3.24. The van der Waals surface area contributed by atoms with Gasteiger partial charge in [0.05, 0.1) is 23.1 Å². The van der Waals surface area contributed by atoms with E-state index in [1.54, 1.807) is 41.0 Å². The lowest BCUT2D eigenvalue weighted by atomic mass is 10.2. The number of imidazole rings is 1. The van der Waals surface area contributed by atoms with Gasteiger partial charge in [-0.1, -0.05) is 6.07 Å². The van der Waals surface area contributed by atoms with Crippen LogP contribution in [0, 0.1) is 0 Å². The van der Waals surface area contributed by atoms with E-state index in [4.69, 9.17) is 0 Å². The van der Waals surface area contributed by atoms with Crippen LogP contribution in [0.3, 0.4) is 0 Å². The quantitative estimate of drug-likeness (QED) is 0.744. The summed E-state index contributed by atoms with van der Waals surface area (Å²) in [6.07, 6.45) is 1.69. The zero-order valence-corrected chi connectivity index (χ0v) is 11.1. The summed E-state index contributed by atoms with van der Waals surface area (Å²) in [5, 5.41) is 9.64. The van der Waals surface area contributed by atoms with Gasteiger partial charge in [0, 0.05) is 11.6 Å². The first-order valence-corrected chi connectivity index (χ1v) is 6.42. The number of aromatic hydroxyl groups is 1. The van der Waals surface area contributed by atoms with Crippen LogP contribution in [-0.4, -0.2) is 27.2 Å². The second-order valence-electron chi connectivity index (χ2n) is 4.62. The Morgan fingerprint density at radius 3 is 2.71 bits per heavy atom. The zero-order chi connectivity index (χ0) is 14.8. The number of carbonyl (C=O) groups excluding carboxylic acids is 2. The topological polar surface area (TPSA) is 72.2 Å². The monoisotopic (exact) mass is 280 g/mol. The molecular weight excluding hydrogens is 268 g/mol. The largest absolute Gasteiger partial charge is 0.508 e. The molecule has 0 fully saturated rings. The molecule has 0 atom stereocenters. The summed E-state index contributed by atoms with van der Waals surface area (Å²) in [6, 6.07) is 11.9. The maximum absolute atomic E-state index is 10.9. The molecule has 0 amide bonds. The summed E-state index contributed by atoms with van der Waals surface area (Å²) in [5.41, 5.74) is 2.66. The second-order valence-corrected chi connectivity index (χ2v) is 4.62. The molecule has 5 nitrogen and oxygen atoms in total. The van der Waals surface area contributed by atoms with Crippen LogP contribution in [0.4, 0.5) is 0 Å². The van der Waals surface area contributed by atoms with Crippen LogP contribution in [-0.2, 0) is 11.2 Å². The van der Waals surface area contributed by atoms with Crippen molar-refractivity contribution in [1.29, 1.82) is 0 Å². The molecule has 0 saturated carbocycles. The molecule has 3 rings (SSSR count). The summed E-state index contributed by atoms with van der Waals surface area (Å²) in [6.45, 7) is 0. The molecule has 0 aliphatic heterocycles. The Labute approximate surface area is 120 Å². The Balaban J connectivity index is 2.30. The van der Waals surface area contributed by atoms with Crippen molar-refractivity contribution >= 4 is 23.6 Å². The number of benzene rings is 2. The summed E-state index contributed by atoms with van der Waals surface area (Å²) >= 11 is 0. The standard InChI is InChI=1S/C16H12N2O3/c19-7-6-16-17-14-8-11(10-20)4-5-15(14)18(16)12-2-1-3-13(21)9-12/h1-5,7-10,21H,6H2. The van der Waals surface area contributed by atoms with Crippen LogP contribution in [0.25, 0.3) is 16.7 Å². The van der Waals surface area contributed by atoms with E-state index in [2.05, 4.69) is 4.98 Å². The fourth-order valence-corrected chi connectivity index (χ4v) is 2.35. The normalized spacial score (nSPS) is 10.7. The number of hydrogen-bond acceptors (Lipinski definition) is 4. The number of aldehydes is 2. The van der Waals surface area contributed by atoms with Crippen LogP contribution in [0.2, 0.25) is 0 Å². The molecule has 104 valence electrons. The minimum atomic E-state index is 0.135. The molecule has 0 radical (unpaired) electrons. The van der Waals surface area contributed by atoms with Gasteiger partial charge in [0.25, 0.3) is 0 Å². The fraction of sp³-hybridized carbons (Fsp3) is 0.0625. The summed E-state index contributed by atoms with van der Waals surface area (Å²) in [5.74, 6) is 0.699. The highest BCUT2D eigenvalue weighted by Gasteiger charge is 2.13. The Morgan fingerprint density at radius 2 is 2.00 bits per heavy atom. The minimum absolute atomic E-state index is 0.135. The highest BCUT2D eigenvalue weighted by molar-refractivity contribution is 5.86. The average Bonchev–Trinajstić information content (AvgIpc) is 2.84. The van der Waals surface area contributed by atoms with Crippen molar-refractivity contribution in [1.82, 2.24) is 9.55 Å². The third-order valence-electron chi connectivity index (χ3n) is 3.24. The van der Waals surface area contributed by atoms with Crippen molar-refractivity contribution in [3.8, 4) is 11.4 Å². The summed E-state index contributed by atoms with van der Waals surface area (Å²) in [4.78, 5) is 26.1. The lowest BCUT2D eigenvalue weighted by molar-refractivity contribution is -0.107. The van der Waals surface area contributed by atoms with Crippen LogP contribution >= 0.6 is 0 Å². The Hall–Kier alpha value is -2.95. The van der Waals surface area contributed by atoms with Crippen molar-refractivity contribution in [2.75, 3.05) is 0 Å². The summed E-state index contributed by atoms with van der Waals surface area (Å²) < 4.78 is 1.80. The molecule has 0 aliphatic carbocycles. The van der Waals surface area contributed by atoms with Gasteiger partial charge in [-0.15, -0.1) is 0 Å². The predicted octanol–water partition coefficient (Wildman–Crippen LogP) is 2.29. The maximum atomic E-state index is 10.9. The van der Waals surface area contributed by atoms with Crippen LogP contribution in [0.15, 0.2) is 42.5 Å². The molecule has 1 aromatic heterocycles. The average molecular weight is 280 g/mol. The van der Waals surface area contributed by atoms with Gasteiger partial charge in [-0.05, 0) is 30.3 Å². The minimum Gasteiger partial charge on any atom is -0.508 e. The predicted molar refractivity (Wildman–Crippen MR) is 77.9 cm³/mol. The molecule has 2 aromatic carbocycles. The van der Waals surface area contributed by atoms with Gasteiger partial charge in [-0.25, -0.2) is 4.98 Å². The first-order chi connectivity index (χ1) is 10.2. The molecular formula is C16H12N2O3. The zero-order valence-electron chi connectivity index (χ0n) is 11.1. The van der Waals surface area contributed by atoms with Crippen molar-refractivity contribution < 1.29 is 14.7 Å². The van der Waals surface area contributed by atoms with E-state index in [0.29, 0.717) is 22.6 Å². The molecule has 3 aromatic rings. The fourth-order valence-electron chi connectivity index (χ4n) is 2.35. The molecule has 0 bridgehead atoms. The second kappa shape index (κ2) is 5.20. The third kappa shape index (κ3) is 2.29. The van der Waals surface area contributed by atoms with E-state index in [1.165, 1.54) is 0 Å². The molecule has 0 saturated heterocycles. The molecule has 0 unspecified atom stereocenters. The van der Waals surface area contributed by atoms with Crippen LogP contribution < -0.4 is 0 Å². The van der Waals surface area contributed by atoms with Crippen molar-refractivity contribution in [3.63, 3.8) is 0 Å². The van der Waals surface area contributed by atoms with Crippen LogP contribution in [0.5, 0.6) is 5.75 Å². The van der Waals surface area contributed by atoms with Gasteiger partial charge in [0.15, 0.2) is 0 Å². The molecule has 1 heterocycles. The van der Waals surface area contributed by atoms with Gasteiger partial charge in [-0.2, -0.15) is 0 Å². The van der Waals surface area contributed by atoms with Gasteiger partial charge < -0.3 is 9.90 Å². The van der Waals surface area contributed by atoms with Crippen molar-refractivity contribution in [3.05, 3.63) is 53.9 Å². The highest BCUT2D eigenvalue weighted by atomic mass is 16.3. The number of phenolic OH excluding ortho intramolecular Hbond substituents is 1. The number of rotatable bonds is 4. The van der Waals surface area contributed by atoms with Gasteiger partial charge in [0.1, 0.15) is 24.1 Å². The molecule has 1 N–H and O–H groups in total. The van der Waals surface area contributed by atoms with E-state index >= 15 is 0 Å². The first kappa shape index (κ1) is 13.1. The van der Waals surface area contributed by atoms with Gasteiger partial charge >= 0.3 is 0 Å². The van der Waals surface area contributed by atoms with Crippen LogP contribution in [0.1, 0.15) is 16.2 Å². The van der Waals surface area contributed by atoms with E-state index in [1.807, 2.05) is 6.07 Å². The Morgan fingerprint density at radius 1 is 1.14 bits per heavy atom. The van der Waals surface area contributed by atoms with E-state index in [9.17, 15) is 14.7 Å². The maximum Gasteiger partial charge on any atom is 0.150 e. The highest BCUT2D eigenvalue weighted by Crippen LogP contribution is 2.24. The molecule has 0 aliphatic rings. The van der Waals surface area contributed by atoms with E-state index < -0.39 is 0 Å². The van der Waals surface area contributed by atoms with E-state index in [0.717, 1.165) is 18.1 Å². The Bertz CT molecular complexity index is 837. The SMILES string of the molecule is O=CCc1nc2cc(C=O)ccc2n1-c1cccc(O)c1. The van der Waals surface area contributed by atoms with Crippen molar-refractivity contribution in [2.45, 2.75) is 6.42 Å². The molecule has 0 spiro atoms. The molecule has 5 heteroatoms. The molecule has 21 heavy (non-hydrogen) atoms. The smallest absolute Gasteiger partial charge is 0.150 e. The Kier molecular flexibility index (Phi) is 3.23. The number of aromatic nitrogens is 2. The van der Waals surface area contributed by atoms with Gasteiger partial charge in [-0.3, -0.25) is 9.36 Å². The number of phenols is 1. The number of carbonyl (C=O) groups is 2. The lowest BCUT2D eigenvalue weighted by Crippen LogP contribution is -2.01. The first-order valence-electron chi connectivity index (χ1n) is 6.42. The lowest BCUT2D eigenvalue weighted by Gasteiger charge is -2.08. The van der Waals surface area contributed by atoms with Crippen molar-refractivity contribution in [2.24, 2.45) is 0 Å². The summed E-state index contributed by atoms with van der Waals surface area (Å²) in [7, 11) is 0. The number of fused-ring (bicyclic) bond motifs is 1. The number of nitrogens with zero attached hydrogens (tertiary/aromatic N) is 2.